The molecule has 0 aliphatic carbocycles. The molecule has 2 fully saturated rings. The van der Waals surface area contributed by atoms with Gasteiger partial charge in [0.1, 0.15) is 5.75 Å². The predicted molar refractivity (Wildman–Crippen MR) is 82.2 cm³/mol. The molecule has 22 heavy (non-hydrogen) atoms. The second-order valence-electron chi connectivity index (χ2n) is 6.18. The molecule has 1 amide bonds. The van der Waals surface area contributed by atoms with Crippen molar-refractivity contribution < 1.29 is 9.53 Å². The van der Waals surface area contributed by atoms with Crippen molar-refractivity contribution in [3.8, 4) is 11.9 Å². The molecular formula is C17H21N3O2. The lowest BCUT2D eigenvalue weighted by molar-refractivity contribution is -0.136. The van der Waals surface area contributed by atoms with Crippen LogP contribution in [0.25, 0.3) is 0 Å². The number of nitriles is 1. The van der Waals surface area contributed by atoms with Crippen LogP contribution in [0.2, 0.25) is 0 Å². The molecule has 0 bridgehead atoms. The van der Waals surface area contributed by atoms with Gasteiger partial charge in [0.05, 0.1) is 7.11 Å². The molecule has 2 aliphatic rings. The molecule has 1 unspecified atom stereocenters. The lowest BCUT2D eigenvalue weighted by atomic mass is 9.90. The molecule has 116 valence electrons. The minimum Gasteiger partial charge on any atom is -0.497 e. The van der Waals surface area contributed by atoms with Crippen molar-refractivity contribution >= 4 is 5.91 Å². The predicted octanol–water partition coefficient (Wildman–Crippen LogP) is 1.81. The summed E-state index contributed by atoms with van der Waals surface area (Å²) in [4.78, 5) is 15.9. The number of amides is 1. The van der Waals surface area contributed by atoms with Gasteiger partial charge >= 0.3 is 0 Å². The fourth-order valence-electron chi connectivity index (χ4n) is 3.25. The minimum absolute atomic E-state index is 0.226. The Balaban J connectivity index is 1.48. The van der Waals surface area contributed by atoms with Gasteiger partial charge in [-0.25, -0.2) is 0 Å². The molecule has 2 heterocycles. The van der Waals surface area contributed by atoms with Crippen LogP contribution in [-0.4, -0.2) is 49.0 Å². The Morgan fingerprint density at radius 1 is 1.41 bits per heavy atom. The molecule has 5 nitrogen and oxygen atoms in total. The van der Waals surface area contributed by atoms with Gasteiger partial charge in [0.15, 0.2) is 6.19 Å². The average Bonchev–Trinajstić information content (AvgIpc) is 2.93. The number of ether oxygens (including phenoxy) is 1. The quantitative estimate of drug-likeness (QED) is 0.796. The number of carbonyl (C=O) groups excluding carboxylic acids is 1. The largest absolute Gasteiger partial charge is 0.497 e. The molecule has 0 spiro atoms. The van der Waals surface area contributed by atoms with E-state index in [0.29, 0.717) is 18.3 Å². The molecule has 2 aliphatic heterocycles. The summed E-state index contributed by atoms with van der Waals surface area (Å²) in [6.45, 7) is 3.11. The van der Waals surface area contributed by atoms with E-state index >= 15 is 0 Å². The van der Waals surface area contributed by atoms with Gasteiger partial charge in [-0.3, -0.25) is 4.79 Å². The summed E-state index contributed by atoms with van der Waals surface area (Å²) in [5.41, 5.74) is 1.24. The number of hydrogen-bond donors (Lipinski definition) is 0. The van der Waals surface area contributed by atoms with E-state index in [4.69, 9.17) is 10.00 Å². The number of hydrogen-bond acceptors (Lipinski definition) is 4. The Kier molecular flexibility index (Phi) is 4.19. The Morgan fingerprint density at radius 3 is 2.91 bits per heavy atom. The van der Waals surface area contributed by atoms with Crippen molar-refractivity contribution in [1.29, 1.82) is 5.26 Å². The van der Waals surface area contributed by atoms with Crippen LogP contribution in [0, 0.1) is 17.4 Å². The highest BCUT2D eigenvalue weighted by Crippen LogP contribution is 2.30. The molecule has 0 radical (unpaired) electrons. The van der Waals surface area contributed by atoms with Crippen molar-refractivity contribution in [2.75, 3.05) is 33.3 Å². The fraction of sp³-hybridized carbons (Fsp3) is 0.529. The zero-order chi connectivity index (χ0) is 15.5. The van der Waals surface area contributed by atoms with Crippen LogP contribution in [0.15, 0.2) is 24.3 Å². The van der Waals surface area contributed by atoms with Gasteiger partial charge in [0.2, 0.25) is 5.91 Å². The summed E-state index contributed by atoms with van der Waals surface area (Å²) >= 11 is 0. The summed E-state index contributed by atoms with van der Waals surface area (Å²) in [6, 6.07) is 8.07. The molecule has 0 aromatic heterocycles. The van der Waals surface area contributed by atoms with Crippen molar-refractivity contribution in [2.45, 2.75) is 18.8 Å². The van der Waals surface area contributed by atoms with Crippen molar-refractivity contribution in [3.05, 3.63) is 29.8 Å². The Labute approximate surface area is 131 Å². The molecule has 1 aromatic rings. The maximum Gasteiger partial charge on any atom is 0.222 e. The summed E-state index contributed by atoms with van der Waals surface area (Å²) < 4.78 is 5.25. The SMILES string of the molecule is COc1cccc(C2CN(C(=O)CC3CCN(C#N)C3)C2)c1. The number of nitrogens with zero attached hydrogens (tertiary/aromatic N) is 3. The molecule has 3 rings (SSSR count). The zero-order valence-corrected chi connectivity index (χ0v) is 12.9. The van der Waals surface area contributed by atoms with E-state index in [-0.39, 0.29) is 5.91 Å². The maximum atomic E-state index is 12.3. The molecular weight excluding hydrogens is 278 g/mol. The Bertz CT molecular complexity index is 590. The first-order valence-corrected chi connectivity index (χ1v) is 7.76. The van der Waals surface area contributed by atoms with Gasteiger partial charge < -0.3 is 14.5 Å². The summed E-state index contributed by atoms with van der Waals surface area (Å²) in [5.74, 6) is 1.84. The number of methoxy groups -OCH3 is 1. The van der Waals surface area contributed by atoms with Crippen LogP contribution in [-0.2, 0) is 4.79 Å². The standard InChI is InChI=1S/C17H21N3O2/c1-22-16-4-2-3-14(8-16)15-10-20(11-15)17(21)7-13-5-6-19(9-13)12-18/h2-4,8,13,15H,5-7,9-11H2,1H3. The molecule has 0 saturated carbocycles. The molecule has 1 aromatic carbocycles. The second-order valence-corrected chi connectivity index (χ2v) is 6.18. The van der Waals surface area contributed by atoms with Crippen molar-refractivity contribution in [2.24, 2.45) is 5.92 Å². The average molecular weight is 299 g/mol. The first-order valence-electron chi connectivity index (χ1n) is 7.76. The fourth-order valence-corrected chi connectivity index (χ4v) is 3.25. The first kappa shape index (κ1) is 14.7. The van der Waals surface area contributed by atoms with Crippen LogP contribution in [0.1, 0.15) is 24.3 Å². The third kappa shape index (κ3) is 3.01. The van der Waals surface area contributed by atoms with E-state index in [9.17, 15) is 4.79 Å². The van der Waals surface area contributed by atoms with Gasteiger partial charge in [-0.05, 0) is 30.0 Å². The van der Waals surface area contributed by atoms with E-state index < -0.39 is 0 Å². The molecule has 5 heteroatoms. The topological polar surface area (TPSA) is 56.6 Å². The van der Waals surface area contributed by atoms with Crippen LogP contribution in [0.3, 0.4) is 0 Å². The third-order valence-electron chi connectivity index (χ3n) is 4.69. The summed E-state index contributed by atoms with van der Waals surface area (Å²) in [7, 11) is 1.67. The van der Waals surface area contributed by atoms with Crippen LogP contribution in [0.5, 0.6) is 5.75 Å². The lowest BCUT2D eigenvalue weighted by Gasteiger charge is -2.40. The van der Waals surface area contributed by atoms with Crippen LogP contribution in [0.4, 0.5) is 0 Å². The molecule has 0 N–H and O–H groups in total. The van der Waals surface area contributed by atoms with Crippen molar-refractivity contribution in [3.63, 3.8) is 0 Å². The smallest absolute Gasteiger partial charge is 0.222 e. The van der Waals surface area contributed by atoms with Gasteiger partial charge in [0, 0.05) is 38.5 Å². The van der Waals surface area contributed by atoms with Gasteiger partial charge in [0.25, 0.3) is 0 Å². The highest BCUT2D eigenvalue weighted by atomic mass is 16.5. The van der Waals surface area contributed by atoms with Gasteiger partial charge in [-0.1, -0.05) is 12.1 Å². The Hall–Kier alpha value is -2.22. The lowest BCUT2D eigenvalue weighted by Crippen LogP contribution is -2.48. The Morgan fingerprint density at radius 2 is 2.23 bits per heavy atom. The third-order valence-corrected chi connectivity index (χ3v) is 4.69. The maximum absolute atomic E-state index is 12.3. The minimum atomic E-state index is 0.226. The zero-order valence-electron chi connectivity index (χ0n) is 12.9. The monoisotopic (exact) mass is 299 g/mol. The van der Waals surface area contributed by atoms with Gasteiger partial charge in [-0.15, -0.1) is 0 Å². The summed E-state index contributed by atoms with van der Waals surface area (Å²) in [6.07, 6.45) is 3.68. The van der Waals surface area contributed by atoms with E-state index in [1.807, 2.05) is 23.1 Å². The number of likely N-dealkylation sites (tertiary alicyclic amines) is 2. The number of benzene rings is 1. The highest BCUT2D eigenvalue weighted by molar-refractivity contribution is 5.77. The van der Waals surface area contributed by atoms with E-state index in [2.05, 4.69) is 12.3 Å². The van der Waals surface area contributed by atoms with E-state index in [1.165, 1.54) is 5.56 Å². The van der Waals surface area contributed by atoms with Crippen molar-refractivity contribution in [1.82, 2.24) is 9.80 Å². The molecule has 1 atom stereocenters. The van der Waals surface area contributed by atoms with E-state index in [1.54, 1.807) is 12.0 Å². The highest BCUT2D eigenvalue weighted by Gasteiger charge is 2.34. The first-order chi connectivity index (χ1) is 10.7. The number of carbonyl (C=O) groups is 1. The molecule has 2 saturated heterocycles. The van der Waals surface area contributed by atoms with Crippen LogP contribution >= 0.6 is 0 Å². The van der Waals surface area contributed by atoms with Crippen LogP contribution < -0.4 is 4.74 Å². The normalized spacial score (nSPS) is 21.4. The van der Waals surface area contributed by atoms with Gasteiger partial charge in [-0.2, -0.15) is 5.26 Å². The summed E-state index contributed by atoms with van der Waals surface area (Å²) in [5, 5.41) is 8.86. The van der Waals surface area contributed by atoms with E-state index in [0.717, 1.165) is 38.3 Å². The number of rotatable bonds is 4. The second kappa shape index (κ2) is 6.27.